The molecule has 4 rings (SSSR count). The predicted molar refractivity (Wildman–Crippen MR) is 118 cm³/mol. The lowest BCUT2D eigenvalue weighted by Crippen LogP contribution is -2.54. The second kappa shape index (κ2) is 8.16. The summed E-state index contributed by atoms with van der Waals surface area (Å²) in [4.78, 5) is 15.1. The Balaban J connectivity index is 1.79. The van der Waals surface area contributed by atoms with Crippen LogP contribution in [0.15, 0.2) is 35.2 Å². The monoisotopic (exact) mass is 444 g/mol. The molecule has 1 saturated heterocycles. The molecule has 0 N–H and O–H groups in total. The first kappa shape index (κ1) is 21.6. The molecule has 2 aromatic rings. The molecule has 0 saturated carbocycles. The van der Waals surface area contributed by atoms with Gasteiger partial charge in [-0.1, -0.05) is 18.2 Å². The van der Waals surface area contributed by atoms with Crippen molar-refractivity contribution in [3.05, 3.63) is 52.6 Å². The van der Waals surface area contributed by atoms with Gasteiger partial charge in [0, 0.05) is 13.1 Å². The second-order valence-electron chi connectivity index (χ2n) is 8.14. The van der Waals surface area contributed by atoms with E-state index < -0.39 is 16.1 Å². The molecule has 1 fully saturated rings. The molecule has 0 aromatic heterocycles. The Morgan fingerprint density at radius 3 is 2.26 bits per heavy atom. The molecule has 7 nitrogen and oxygen atoms in total. The number of morpholine rings is 1. The summed E-state index contributed by atoms with van der Waals surface area (Å²) < 4.78 is 40.6. The van der Waals surface area contributed by atoms with Gasteiger partial charge in [-0.2, -0.15) is 0 Å². The van der Waals surface area contributed by atoms with E-state index in [1.807, 2.05) is 33.8 Å². The molecule has 1 atom stereocenters. The van der Waals surface area contributed by atoms with Crippen LogP contribution in [0.25, 0.3) is 0 Å². The number of hydrogen-bond acceptors (Lipinski definition) is 5. The fourth-order valence-electron chi connectivity index (χ4n) is 4.22. The summed E-state index contributed by atoms with van der Waals surface area (Å²) in [6.45, 7) is 9.31. The molecule has 31 heavy (non-hydrogen) atoms. The average Bonchev–Trinajstić information content (AvgIpc) is 2.77. The molecule has 0 unspecified atom stereocenters. The van der Waals surface area contributed by atoms with Crippen LogP contribution >= 0.6 is 0 Å². The van der Waals surface area contributed by atoms with E-state index >= 15 is 0 Å². The van der Waals surface area contributed by atoms with Gasteiger partial charge in [0.1, 0.15) is 5.75 Å². The van der Waals surface area contributed by atoms with Crippen molar-refractivity contribution in [2.24, 2.45) is 0 Å². The number of carbonyl (C=O) groups excluding carboxylic acids is 1. The second-order valence-corrected chi connectivity index (χ2v) is 9.94. The fraction of sp³-hybridized carbons (Fsp3) is 0.435. The van der Waals surface area contributed by atoms with E-state index in [9.17, 15) is 13.2 Å². The number of nitrogens with zero attached hydrogens (tertiary/aromatic N) is 2. The molecule has 0 bridgehead atoms. The smallest absolute Gasteiger partial charge is 0.265 e. The number of amides is 1. The summed E-state index contributed by atoms with van der Waals surface area (Å²) in [5.74, 6) is 0.176. The molecule has 0 radical (unpaired) electrons. The Morgan fingerprint density at radius 2 is 1.61 bits per heavy atom. The molecule has 0 spiro atoms. The standard InChI is InChI=1S/C23H28N2O5S/c1-15-13-16(2)18(4)22(17(15)3)31(27,28)25-14-21(23(26)24-9-11-29-12-10-24)30-20-8-6-5-7-19(20)25/h5-8,13,21H,9-12,14H2,1-4H3/t21-/m0/s1. The lowest BCUT2D eigenvalue weighted by atomic mass is 10.0. The lowest BCUT2D eigenvalue weighted by Gasteiger charge is -2.38. The van der Waals surface area contributed by atoms with Crippen LogP contribution in [-0.4, -0.2) is 58.2 Å². The highest BCUT2D eigenvalue weighted by atomic mass is 32.2. The van der Waals surface area contributed by atoms with Gasteiger partial charge in [-0.25, -0.2) is 8.42 Å². The van der Waals surface area contributed by atoms with Crippen molar-refractivity contribution in [2.45, 2.75) is 38.7 Å². The van der Waals surface area contributed by atoms with E-state index in [1.165, 1.54) is 4.31 Å². The SMILES string of the molecule is Cc1cc(C)c(C)c(S(=O)(=O)N2C[C@@H](C(=O)N3CCOCC3)Oc3ccccc32)c1C. The Hall–Kier alpha value is -2.58. The largest absolute Gasteiger partial charge is 0.476 e. The van der Waals surface area contributed by atoms with Crippen molar-refractivity contribution in [1.29, 1.82) is 0 Å². The van der Waals surface area contributed by atoms with Gasteiger partial charge in [-0.3, -0.25) is 9.10 Å². The van der Waals surface area contributed by atoms with Gasteiger partial charge in [0.05, 0.1) is 30.3 Å². The van der Waals surface area contributed by atoms with Crippen molar-refractivity contribution >= 4 is 21.6 Å². The average molecular weight is 445 g/mol. The van der Waals surface area contributed by atoms with Crippen LogP contribution in [0, 0.1) is 27.7 Å². The zero-order chi connectivity index (χ0) is 22.3. The first-order valence-electron chi connectivity index (χ1n) is 10.4. The molecule has 2 aromatic carbocycles. The Morgan fingerprint density at radius 1 is 1.00 bits per heavy atom. The zero-order valence-electron chi connectivity index (χ0n) is 18.3. The third-order valence-electron chi connectivity index (χ3n) is 6.18. The molecule has 0 aliphatic carbocycles. The van der Waals surface area contributed by atoms with Crippen LogP contribution in [0.4, 0.5) is 5.69 Å². The summed E-state index contributed by atoms with van der Waals surface area (Å²) >= 11 is 0. The van der Waals surface area contributed by atoms with Crippen LogP contribution in [0.3, 0.4) is 0 Å². The third-order valence-corrected chi connectivity index (χ3v) is 8.23. The van der Waals surface area contributed by atoms with Crippen LogP contribution in [0.1, 0.15) is 22.3 Å². The Labute approximate surface area is 183 Å². The van der Waals surface area contributed by atoms with Gasteiger partial charge >= 0.3 is 0 Å². The first-order chi connectivity index (χ1) is 14.7. The van der Waals surface area contributed by atoms with Crippen LogP contribution in [-0.2, 0) is 19.6 Å². The van der Waals surface area contributed by atoms with Gasteiger partial charge < -0.3 is 14.4 Å². The molecule has 1 amide bonds. The molecule has 166 valence electrons. The third kappa shape index (κ3) is 3.78. The van der Waals surface area contributed by atoms with Crippen LogP contribution < -0.4 is 9.04 Å². The maximum Gasteiger partial charge on any atom is 0.265 e. The van der Waals surface area contributed by atoms with Crippen molar-refractivity contribution in [3.8, 4) is 5.75 Å². The number of rotatable bonds is 3. The van der Waals surface area contributed by atoms with E-state index in [-0.39, 0.29) is 12.5 Å². The molecular weight excluding hydrogens is 416 g/mol. The number of anilines is 1. The summed E-state index contributed by atoms with van der Waals surface area (Å²) in [6.07, 6.45) is -0.908. The van der Waals surface area contributed by atoms with Crippen LogP contribution in [0.5, 0.6) is 5.75 Å². The number of benzene rings is 2. The zero-order valence-corrected chi connectivity index (χ0v) is 19.2. The summed E-state index contributed by atoms with van der Waals surface area (Å²) in [6, 6.07) is 8.98. The number of hydrogen-bond donors (Lipinski definition) is 0. The minimum Gasteiger partial charge on any atom is -0.476 e. The van der Waals surface area contributed by atoms with Crippen molar-refractivity contribution in [1.82, 2.24) is 4.90 Å². The number of ether oxygens (including phenoxy) is 2. The minimum absolute atomic E-state index is 0.0680. The van der Waals surface area contributed by atoms with Gasteiger partial charge in [0.2, 0.25) is 0 Å². The summed E-state index contributed by atoms with van der Waals surface area (Å²) in [5, 5.41) is 0. The molecule has 2 heterocycles. The fourth-order valence-corrected chi connectivity index (χ4v) is 6.28. The number of carbonyl (C=O) groups is 1. The molecule has 8 heteroatoms. The Kier molecular flexibility index (Phi) is 5.70. The van der Waals surface area contributed by atoms with E-state index in [1.54, 1.807) is 29.2 Å². The van der Waals surface area contributed by atoms with Gasteiger partial charge in [0.15, 0.2) is 6.10 Å². The van der Waals surface area contributed by atoms with Crippen molar-refractivity contribution in [2.75, 3.05) is 37.2 Å². The maximum absolute atomic E-state index is 14.0. The highest BCUT2D eigenvalue weighted by Crippen LogP contribution is 2.39. The predicted octanol–water partition coefficient (Wildman–Crippen LogP) is 2.74. The van der Waals surface area contributed by atoms with Crippen molar-refractivity contribution in [3.63, 3.8) is 0 Å². The van der Waals surface area contributed by atoms with E-state index in [0.717, 1.165) is 22.3 Å². The molecule has 2 aliphatic heterocycles. The first-order valence-corrected chi connectivity index (χ1v) is 11.9. The highest BCUT2D eigenvalue weighted by Gasteiger charge is 2.40. The normalized spacial score (nSPS) is 19.0. The quantitative estimate of drug-likeness (QED) is 0.728. The topological polar surface area (TPSA) is 76.2 Å². The van der Waals surface area contributed by atoms with Gasteiger partial charge in [-0.05, 0) is 62.1 Å². The molecular formula is C23H28N2O5S. The van der Waals surface area contributed by atoms with Crippen LogP contribution in [0.2, 0.25) is 0 Å². The summed E-state index contributed by atoms with van der Waals surface area (Å²) in [7, 11) is -3.92. The number of para-hydroxylation sites is 2. The number of sulfonamides is 1. The maximum atomic E-state index is 14.0. The van der Waals surface area contributed by atoms with E-state index in [2.05, 4.69) is 0 Å². The highest BCUT2D eigenvalue weighted by molar-refractivity contribution is 7.93. The van der Waals surface area contributed by atoms with Crippen molar-refractivity contribution < 1.29 is 22.7 Å². The Bertz CT molecular complexity index is 1100. The molecule has 2 aliphatic rings. The number of aryl methyl sites for hydroxylation is 2. The lowest BCUT2D eigenvalue weighted by molar-refractivity contribution is -0.142. The van der Waals surface area contributed by atoms with Gasteiger partial charge in [-0.15, -0.1) is 0 Å². The van der Waals surface area contributed by atoms with E-state index in [4.69, 9.17) is 9.47 Å². The van der Waals surface area contributed by atoms with E-state index in [0.29, 0.717) is 42.6 Å². The van der Waals surface area contributed by atoms with Gasteiger partial charge in [0.25, 0.3) is 15.9 Å². The summed E-state index contributed by atoms with van der Waals surface area (Å²) in [5.41, 5.74) is 3.74. The number of fused-ring (bicyclic) bond motifs is 1. The minimum atomic E-state index is -3.92.